The second-order valence-corrected chi connectivity index (χ2v) is 5.45. The fourth-order valence-electron chi connectivity index (χ4n) is 2.42. The van der Waals surface area contributed by atoms with Gasteiger partial charge in [0.05, 0.1) is 5.69 Å². The normalized spacial score (nSPS) is 9.71. The minimum absolute atomic E-state index is 0. The van der Waals surface area contributed by atoms with E-state index in [1.807, 2.05) is 42.5 Å². The van der Waals surface area contributed by atoms with Gasteiger partial charge in [-0.25, -0.2) is 0 Å². The molecule has 0 bridgehead atoms. The van der Waals surface area contributed by atoms with Crippen molar-refractivity contribution in [3.05, 3.63) is 96.8 Å². The van der Waals surface area contributed by atoms with Crippen LogP contribution < -0.4 is 10.2 Å². The molecule has 0 aliphatic carbocycles. The van der Waals surface area contributed by atoms with E-state index in [0.717, 1.165) is 10.8 Å². The summed E-state index contributed by atoms with van der Waals surface area (Å²) in [4.78, 5) is 7.93. The van der Waals surface area contributed by atoms with E-state index in [1.54, 1.807) is 36.7 Å². The van der Waals surface area contributed by atoms with Crippen molar-refractivity contribution in [1.82, 2.24) is 4.98 Å². The molecule has 1 aromatic heterocycles. The number of benzene rings is 3. The third-order valence-corrected chi connectivity index (χ3v) is 3.70. The van der Waals surface area contributed by atoms with Crippen LogP contribution in [0.2, 0.25) is 0 Å². The standard InChI is InChI=1S/C17H13NO2.C5H5N.Cu.H2O/c19-16-10-9-12-5-1-2-6-13(12)14(16)11-18-15-7-3-4-8-17(15)20;1-2-4-6-5-3-1;;/h1-11,19-20H;1-5H;;1H2/q;;+2;/p-2. The molecule has 1 radical (unpaired) electrons. The molecule has 2 N–H and O–H groups in total. The Labute approximate surface area is 173 Å². The second kappa shape index (κ2) is 11.5. The summed E-state index contributed by atoms with van der Waals surface area (Å²) < 4.78 is 0. The number of rotatable bonds is 2. The van der Waals surface area contributed by atoms with E-state index in [1.165, 1.54) is 18.3 Å². The zero-order valence-corrected chi connectivity index (χ0v) is 15.7. The molecule has 3 aromatic carbocycles. The largest absolute Gasteiger partial charge is 2.00 e. The minimum atomic E-state index is -0.156. The molecule has 4 aromatic rings. The van der Waals surface area contributed by atoms with Crippen molar-refractivity contribution < 1.29 is 32.8 Å². The minimum Gasteiger partial charge on any atom is -0.872 e. The Morgan fingerprint density at radius 1 is 0.714 bits per heavy atom. The first-order valence-corrected chi connectivity index (χ1v) is 8.09. The quantitative estimate of drug-likeness (QED) is 0.367. The van der Waals surface area contributed by atoms with Gasteiger partial charge in [-0.3, -0.25) is 9.98 Å². The van der Waals surface area contributed by atoms with Crippen LogP contribution >= 0.6 is 0 Å². The smallest absolute Gasteiger partial charge is 0.872 e. The van der Waals surface area contributed by atoms with Gasteiger partial charge < -0.3 is 15.7 Å². The first kappa shape index (κ1) is 22.9. The first-order chi connectivity index (χ1) is 12.8. The maximum absolute atomic E-state index is 12.0. The molecular formula is C22H18CuN2O3. The molecule has 6 heteroatoms. The van der Waals surface area contributed by atoms with E-state index in [-0.39, 0.29) is 34.0 Å². The molecular weight excluding hydrogens is 404 g/mol. The summed E-state index contributed by atoms with van der Waals surface area (Å²) in [6, 6.07) is 23.1. The van der Waals surface area contributed by atoms with Gasteiger partial charge in [0, 0.05) is 18.6 Å². The van der Waals surface area contributed by atoms with Crippen LogP contribution in [-0.4, -0.2) is 16.7 Å². The molecule has 1 heterocycles. The van der Waals surface area contributed by atoms with Crippen molar-refractivity contribution in [1.29, 1.82) is 0 Å². The number of aromatic nitrogens is 1. The zero-order chi connectivity index (χ0) is 18.2. The van der Waals surface area contributed by atoms with Crippen LogP contribution in [0.5, 0.6) is 11.5 Å². The van der Waals surface area contributed by atoms with Crippen LogP contribution in [0.1, 0.15) is 5.56 Å². The molecule has 4 rings (SSSR count). The molecule has 0 aliphatic rings. The maximum Gasteiger partial charge on any atom is 2.00 e. The van der Waals surface area contributed by atoms with Crippen LogP contribution in [0.4, 0.5) is 5.69 Å². The molecule has 0 fully saturated rings. The molecule has 0 saturated carbocycles. The molecule has 0 amide bonds. The Balaban J connectivity index is 0.000000423. The zero-order valence-electron chi connectivity index (χ0n) is 14.8. The van der Waals surface area contributed by atoms with Crippen LogP contribution in [0.15, 0.2) is 96.2 Å². The summed E-state index contributed by atoms with van der Waals surface area (Å²) in [6.45, 7) is 0. The number of hydrogen-bond donors (Lipinski definition) is 0. The van der Waals surface area contributed by atoms with E-state index >= 15 is 0 Å². The monoisotopic (exact) mass is 421 g/mol. The SMILES string of the molecule is O.[Cu+2].[O-]c1ccccc1N=Cc1c([O-])ccc2ccccc12.c1ccncc1. The summed E-state index contributed by atoms with van der Waals surface area (Å²) in [5.74, 6) is -0.257. The van der Waals surface area contributed by atoms with Gasteiger partial charge in [0.2, 0.25) is 0 Å². The number of para-hydroxylation sites is 2. The number of aliphatic imine (C=N–C) groups is 1. The van der Waals surface area contributed by atoms with Gasteiger partial charge in [0.1, 0.15) is 0 Å². The Morgan fingerprint density at radius 3 is 2.04 bits per heavy atom. The topological polar surface area (TPSA) is 103 Å². The predicted molar refractivity (Wildman–Crippen MR) is 104 cm³/mol. The predicted octanol–water partition coefficient (Wildman–Crippen LogP) is 2.99. The van der Waals surface area contributed by atoms with Gasteiger partial charge in [-0.2, -0.15) is 0 Å². The number of nitrogens with zero attached hydrogens (tertiary/aromatic N) is 2. The Hall–Kier alpha value is -3.18. The van der Waals surface area contributed by atoms with Crippen LogP contribution in [0, 0.1) is 0 Å². The fourth-order valence-corrected chi connectivity index (χ4v) is 2.42. The van der Waals surface area contributed by atoms with Gasteiger partial charge in [-0.1, -0.05) is 72.2 Å². The Morgan fingerprint density at radius 2 is 1.39 bits per heavy atom. The fraction of sp³-hybridized carbons (Fsp3) is 0. The van der Waals surface area contributed by atoms with Gasteiger partial charge >= 0.3 is 17.1 Å². The van der Waals surface area contributed by atoms with Crippen molar-refractivity contribution in [2.45, 2.75) is 0 Å². The first-order valence-electron chi connectivity index (χ1n) is 8.09. The molecule has 0 atom stereocenters. The van der Waals surface area contributed by atoms with Gasteiger partial charge in [0.25, 0.3) is 0 Å². The van der Waals surface area contributed by atoms with Crippen LogP contribution in [0.25, 0.3) is 10.8 Å². The summed E-state index contributed by atoms with van der Waals surface area (Å²) in [6.07, 6.45) is 4.97. The average Bonchev–Trinajstić information content (AvgIpc) is 2.70. The van der Waals surface area contributed by atoms with Crippen molar-refractivity contribution in [3.63, 3.8) is 0 Å². The van der Waals surface area contributed by atoms with Crippen LogP contribution in [-0.2, 0) is 17.1 Å². The maximum atomic E-state index is 12.0. The second-order valence-electron chi connectivity index (χ2n) is 5.45. The van der Waals surface area contributed by atoms with E-state index in [2.05, 4.69) is 9.98 Å². The van der Waals surface area contributed by atoms with E-state index in [0.29, 0.717) is 11.3 Å². The third kappa shape index (κ3) is 5.93. The van der Waals surface area contributed by atoms with E-state index < -0.39 is 0 Å². The molecule has 0 aliphatic heterocycles. The van der Waals surface area contributed by atoms with Crippen molar-refractivity contribution in [3.8, 4) is 11.5 Å². The summed E-state index contributed by atoms with van der Waals surface area (Å²) >= 11 is 0. The molecule has 5 nitrogen and oxygen atoms in total. The average molecular weight is 422 g/mol. The molecule has 0 spiro atoms. The van der Waals surface area contributed by atoms with Crippen molar-refractivity contribution in [2.75, 3.05) is 0 Å². The van der Waals surface area contributed by atoms with Gasteiger partial charge in [-0.15, -0.1) is 0 Å². The number of fused-ring (bicyclic) bond motifs is 1. The Bertz CT molecular complexity index is 998. The third-order valence-electron chi connectivity index (χ3n) is 3.70. The van der Waals surface area contributed by atoms with Crippen molar-refractivity contribution >= 4 is 22.7 Å². The van der Waals surface area contributed by atoms with Crippen LogP contribution in [0.3, 0.4) is 0 Å². The number of pyridine rings is 1. The molecule has 0 unspecified atom stereocenters. The summed E-state index contributed by atoms with van der Waals surface area (Å²) in [5.41, 5.74) is 0.839. The van der Waals surface area contributed by atoms with Gasteiger partial charge in [-0.05, 0) is 34.5 Å². The van der Waals surface area contributed by atoms with E-state index in [9.17, 15) is 10.2 Å². The molecule has 145 valence electrons. The summed E-state index contributed by atoms with van der Waals surface area (Å²) in [7, 11) is 0. The molecule has 0 saturated heterocycles. The van der Waals surface area contributed by atoms with Crippen molar-refractivity contribution in [2.24, 2.45) is 4.99 Å². The summed E-state index contributed by atoms with van der Waals surface area (Å²) in [5, 5.41) is 25.4. The number of hydrogen-bond acceptors (Lipinski definition) is 4. The molecule has 28 heavy (non-hydrogen) atoms. The van der Waals surface area contributed by atoms with E-state index in [4.69, 9.17) is 0 Å². The Kier molecular flexibility index (Phi) is 9.40. The van der Waals surface area contributed by atoms with Gasteiger partial charge in [0.15, 0.2) is 0 Å².